The number of nitrogens with one attached hydrogen (secondary N) is 1. The molecule has 2 nitrogen and oxygen atoms in total. The van der Waals surface area contributed by atoms with Crippen LogP contribution in [-0.4, -0.2) is 38.6 Å². The van der Waals surface area contributed by atoms with E-state index in [1.54, 1.807) is 0 Å². The van der Waals surface area contributed by atoms with Gasteiger partial charge >= 0.3 is 0 Å². The third kappa shape index (κ3) is 3.28. The molecule has 78 valence electrons. The Morgan fingerprint density at radius 1 is 1.31 bits per heavy atom. The highest BCUT2D eigenvalue weighted by Gasteiger charge is 2.44. The lowest BCUT2D eigenvalue weighted by Crippen LogP contribution is -2.32. The fourth-order valence-corrected chi connectivity index (χ4v) is 1.76. The fourth-order valence-electron chi connectivity index (χ4n) is 1.76. The zero-order valence-electron chi connectivity index (χ0n) is 9.56. The van der Waals surface area contributed by atoms with E-state index in [-0.39, 0.29) is 0 Å². The molecule has 0 aromatic heterocycles. The summed E-state index contributed by atoms with van der Waals surface area (Å²) in [6.45, 7) is 8.19. The van der Waals surface area contributed by atoms with Gasteiger partial charge in [0.05, 0.1) is 0 Å². The van der Waals surface area contributed by atoms with Crippen molar-refractivity contribution in [2.45, 2.75) is 26.7 Å². The number of likely N-dealkylation sites (N-methyl/N-ethyl adjacent to an activating group) is 1. The molecule has 1 rings (SSSR count). The average molecular weight is 184 g/mol. The quantitative estimate of drug-likeness (QED) is 0.630. The van der Waals surface area contributed by atoms with Crippen LogP contribution in [0.5, 0.6) is 0 Å². The van der Waals surface area contributed by atoms with E-state index in [4.69, 9.17) is 0 Å². The molecule has 0 bridgehead atoms. The number of rotatable bonds is 6. The van der Waals surface area contributed by atoms with Crippen molar-refractivity contribution in [2.75, 3.05) is 33.7 Å². The number of hydrogen-bond acceptors (Lipinski definition) is 2. The Morgan fingerprint density at radius 3 is 2.31 bits per heavy atom. The summed E-state index contributed by atoms with van der Waals surface area (Å²) in [5.74, 6) is 0.847. The van der Waals surface area contributed by atoms with Gasteiger partial charge in [0.15, 0.2) is 0 Å². The Kier molecular flexibility index (Phi) is 3.74. The number of hydrogen-bond donors (Lipinski definition) is 1. The van der Waals surface area contributed by atoms with E-state index in [1.807, 2.05) is 0 Å². The molecule has 13 heavy (non-hydrogen) atoms. The van der Waals surface area contributed by atoms with Gasteiger partial charge in [0.1, 0.15) is 0 Å². The van der Waals surface area contributed by atoms with Crippen LogP contribution in [-0.2, 0) is 0 Å². The van der Waals surface area contributed by atoms with Gasteiger partial charge in [-0.05, 0) is 38.3 Å². The van der Waals surface area contributed by atoms with Crippen molar-refractivity contribution < 1.29 is 0 Å². The van der Waals surface area contributed by atoms with E-state index in [0.29, 0.717) is 5.41 Å². The van der Waals surface area contributed by atoms with E-state index < -0.39 is 0 Å². The maximum absolute atomic E-state index is 3.56. The summed E-state index contributed by atoms with van der Waals surface area (Å²) in [6.07, 6.45) is 2.86. The average Bonchev–Trinajstić information content (AvgIpc) is 2.78. The Hall–Kier alpha value is -0.0800. The van der Waals surface area contributed by atoms with Gasteiger partial charge in [0, 0.05) is 19.6 Å². The van der Waals surface area contributed by atoms with Gasteiger partial charge in [0.25, 0.3) is 0 Å². The summed E-state index contributed by atoms with van der Waals surface area (Å²) in [5.41, 5.74) is 0.659. The van der Waals surface area contributed by atoms with Crippen LogP contribution in [0.15, 0.2) is 0 Å². The lowest BCUT2D eigenvalue weighted by molar-refractivity contribution is 0.324. The zero-order chi connectivity index (χ0) is 9.90. The third-order valence-corrected chi connectivity index (χ3v) is 3.33. The van der Waals surface area contributed by atoms with Gasteiger partial charge in [-0.3, -0.25) is 0 Å². The van der Waals surface area contributed by atoms with Crippen LogP contribution in [0.25, 0.3) is 0 Å². The molecule has 1 aliphatic carbocycles. The second-order valence-electron chi connectivity index (χ2n) is 5.00. The molecular formula is C11H24N2. The van der Waals surface area contributed by atoms with Gasteiger partial charge < -0.3 is 10.2 Å². The summed E-state index contributed by atoms with van der Waals surface area (Å²) in [4.78, 5) is 2.22. The topological polar surface area (TPSA) is 15.3 Å². The third-order valence-electron chi connectivity index (χ3n) is 3.33. The standard InChI is InChI=1S/C11H24N2/c1-10(2)11(5-6-11)9-12-7-8-13(3)4/h10,12H,5-9H2,1-4H3. The Morgan fingerprint density at radius 2 is 1.92 bits per heavy atom. The van der Waals surface area contributed by atoms with Crippen molar-refractivity contribution in [2.24, 2.45) is 11.3 Å². The smallest absolute Gasteiger partial charge is 0.0101 e. The second kappa shape index (κ2) is 4.43. The van der Waals surface area contributed by atoms with Crippen LogP contribution >= 0.6 is 0 Å². The first kappa shape index (κ1) is 11.0. The molecule has 0 amide bonds. The Balaban J connectivity index is 2.06. The van der Waals surface area contributed by atoms with Crippen molar-refractivity contribution in [1.29, 1.82) is 0 Å². The van der Waals surface area contributed by atoms with Crippen molar-refractivity contribution in [3.8, 4) is 0 Å². The molecule has 0 aliphatic heterocycles. The highest BCUT2D eigenvalue weighted by Crippen LogP contribution is 2.51. The summed E-state index contributed by atoms with van der Waals surface area (Å²) in [7, 11) is 4.24. The maximum Gasteiger partial charge on any atom is 0.0101 e. The lowest BCUT2D eigenvalue weighted by Gasteiger charge is -2.20. The predicted molar refractivity (Wildman–Crippen MR) is 57.9 cm³/mol. The summed E-state index contributed by atoms with van der Waals surface area (Å²) < 4.78 is 0. The van der Waals surface area contributed by atoms with Crippen LogP contribution in [0.3, 0.4) is 0 Å². The summed E-state index contributed by atoms with van der Waals surface area (Å²) in [6, 6.07) is 0. The molecule has 0 heterocycles. The largest absolute Gasteiger partial charge is 0.315 e. The van der Waals surface area contributed by atoms with Crippen LogP contribution in [0, 0.1) is 11.3 Å². The van der Waals surface area contributed by atoms with Crippen LogP contribution < -0.4 is 5.32 Å². The maximum atomic E-state index is 3.56. The number of nitrogens with zero attached hydrogens (tertiary/aromatic N) is 1. The van der Waals surface area contributed by atoms with Crippen molar-refractivity contribution >= 4 is 0 Å². The van der Waals surface area contributed by atoms with Crippen LogP contribution in [0.2, 0.25) is 0 Å². The van der Waals surface area contributed by atoms with Gasteiger partial charge in [-0.1, -0.05) is 13.8 Å². The monoisotopic (exact) mass is 184 g/mol. The van der Waals surface area contributed by atoms with Gasteiger partial charge in [-0.15, -0.1) is 0 Å². The highest BCUT2D eigenvalue weighted by atomic mass is 15.1. The lowest BCUT2D eigenvalue weighted by atomic mass is 9.92. The van der Waals surface area contributed by atoms with Gasteiger partial charge in [0.2, 0.25) is 0 Å². The minimum atomic E-state index is 0.659. The SMILES string of the molecule is CC(C)C1(CNCCN(C)C)CC1. The summed E-state index contributed by atoms with van der Waals surface area (Å²) >= 11 is 0. The van der Waals surface area contributed by atoms with Crippen LogP contribution in [0.1, 0.15) is 26.7 Å². The molecule has 2 heteroatoms. The normalized spacial score (nSPS) is 19.8. The van der Waals surface area contributed by atoms with Crippen molar-refractivity contribution in [3.63, 3.8) is 0 Å². The molecule has 1 aliphatic rings. The Bertz CT molecular complexity index is 148. The zero-order valence-corrected chi connectivity index (χ0v) is 9.56. The molecule has 0 spiro atoms. The summed E-state index contributed by atoms with van der Waals surface area (Å²) in [5, 5.41) is 3.56. The predicted octanol–water partition coefficient (Wildman–Crippen LogP) is 1.57. The molecular weight excluding hydrogens is 160 g/mol. The minimum absolute atomic E-state index is 0.659. The van der Waals surface area contributed by atoms with Crippen molar-refractivity contribution in [3.05, 3.63) is 0 Å². The first-order valence-electron chi connectivity index (χ1n) is 5.42. The van der Waals surface area contributed by atoms with E-state index in [0.717, 1.165) is 19.0 Å². The molecule has 0 aromatic rings. The molecule has 1 saturated carbocycles. The Labute approximate surface area is 82.7 Å². The van der Waals surface area contributed by atoms with Crippen molar-refractivity contribution in [1.82, 2.24) is 10.2 Å². The molecule has 0 radical (unpaired) electrons. The first-order valence-corrected chi connectivity index (χ1v) is 5.42. The molecule has 0 saturated heterocycles. The molecule has 0 atom stereocenters. The van der Waals surface area contributed by atoms with E-state index >= 15 is 0 Å². The van der Waals surface area contributed by atoms with Crippen LogP contribution in [0.4, 0.5) is 0 Å². The van der Waals surface area contributed by atoms with Gasteiger partial charge in [-0.2, -0.15) is 0 Å². The minimum Gasteiger partial charge on any atom is -0.315 e. The fraction of sp³-hybridized carbons (Fsp3) is 1.00. The second-order valence-corrected chi connectivity index (χ2v) is 5.00. The highest BCUT2D eigenvalue weighted by molar-refractivity contribution is 4.96. The molecule has 0 unspecified atom stereocenters. The van der Waals surface area contributed by atoms with E-state index in [2.05, 4.69) is 38.2 Å². The van der Waals surface area contributed by atoms with E-state index in [1.165, 1.54) is 19.4 Å². The molecule has 1 N–H and O–H groups in total. The molecule has 1 fully saturated rings. The van der Waals surface area contributed by atoms with E-state index in [9.17, 15) is 0 Å². The molecule has 0 aromatic carbocycles. The first-order chi connectivity index (χ1) is 6.07. The van der Waals surface area contributed by atoms with Gasteiger partial charge in [-0.25, -0.2) is 0 Å².